The molecule has 3 aromatic rings. The molecule has 1 aromatic heterocycles. The fraction of sp³-hybridized carbons (Fsp3) is 0.238. The van der Waals surface area contributed by atoms with Crippen molar-refractivity contribution in [3.8, 4) is 0 Å². The van der Waals surface area contributed by atoms with Gasteiger partial charge in [-0.05, 0) is 42.5 Å². The number of nitrogens with one attached hydrogen (secondary N) is 1. The maximum absolute atomic E-state index is 12.3. The van der Waals surface area contributed by atoms with Gasteiger partial charge in [0, 0.05) is 12.4 Å². The number of ether oxygens (including phenoxy) is 1. The molecule has 1 amide bonds. The third-order valence-corrected chi connectivity index (χ3v) is 4.61. The van der Waals surface area contributed by atoms with E-state index in [1.807, 2.05) is 30.3 Å². The molecule has 2 aromatic carbocycles. The number of rotatable bonds is 6. The SMILES string of the molecule is O=C(COC(=O)c1ccc2nccnc2c1)N[C@@H](c1ccccc1)C1CC1. The second-order valence-corrected chi connectivity index (χ2v) is 6.63. The molecular formula is C21H19N3O3. The normalized spacial score (nSPS) is 14.5. The molecular weight excluding hydrogens is 342 g/mol. The van der Waals surface area contributed by atoms with Crippen LogP contribution in [0.25, 0.3) is 11.0 Å². The van der Waals surface area contributed by atoms with Crippen LogP contribution in [0.3, 0.4) is 0 Å². The van der Waals surface area contributed by atoms with Crippen molar-refractivity contribution in [2.24, 2.45) is 5.92 Å². The number of carbonyl (C=O) groups excluding carboxylic acids is 2. The Kier molecular flexibility index (Phi) is 4.78. The highest BCUT2D eigenvalue weighted by Gasteiger charge is 2.33. The Morgan fingerprint density at radius 1 is 1.04 bits per heavy atom. The van der Waals surface area contributed by atoms with Gasteiger partial charge in [0.1, 0.15) is 0 Å². The van der Waals surface area contributed by atoms with Crippen LogP contribution in [0.5, 0.6) is 0 Å². The van der Waals surface area contributed by atoms with Crippen molar-refractivity contribution in [3.63, 3.8) is 0 Å². The summed E-state index contributed by atoms with van der Waals surface area (Å²) in [5.41, 5.74) is 2.72. The highest BCUT2D eigenvalue weighted by atomic mass is 16.5. The topological polar surface area (TPSA) is 81.2 Å². The minimum absolute atomic E-state index is 0.0339. The molecule has 1 fully saturated rings. The average Bonchev–Trinajstić information content (AvgIpc) is 3.55. The van der Waals surface area contributed by atoms with E-state index >= 15 is 0 Å². The van der Waals surface area contributed by atoms with Gasteiger partial charge < -0.3 is 10.1 Å². The molecule has 1 saturated carbocycles. The second-order valence-electron chi connectivity index (χ2n) is 6.63. The molecule has 1 aliphatic carbocycles. The van der Waals surface area contributed by atoms with E-state index < -0.39 is 5.97 Å². The van der Waals surface area contributed by atoms with Gasteiger partial charge in [-0.15, -0.1) is 0 Å². The van der Waals surface area contributed by atoms with E-state index in [0.29, 0.717) is 22.5 Å². The van der Waals surface area contributed by atoms with Crippen LogP contribution in [0.1, 0.15) is 34.8 Å². The van der Waals surface area contributed by atoms with Crippen molar-refractivity contribution < 1.29 is 14.3 Å². The Hall–Kier alpha value is -3.28. The number of esters is 1. The third kappa shape index (κ3) is 4.11. The summed E-state index contributed by atoms with van der Waals surface area (Å²) in [6, 6.07) is 14.8. The third-order valence-electron chi connectivity index (χ3n) is 4.61. The van der Waals surface area contributed by atoms with E-state index in [1.165, 1.54) is 0 Å². The number of hydrogen-bond acceptors (Lipinski definition) is 5. The van der Waals surface area contributed by atoms with Crippen molar-refractivity contribution in [1.82, 2.24) is 15.3 Å². The van der Waals surface area contributed by atoms with Crippen molar-refractivity contribution in [2.75, 3.05) is 6.61 Å². The summed E-state index contributed by atoms with van der Waals surface area (Å²) in [7, 11) is 0. The van der Waals surface area contributed by atoms with Crippen LogP contribution >= 0.6 is 0 Å². The van der Waals surface area contributed by atoms with Crippen LogP contribution < -0.4 is 5.32 Å². The van der Waals surface area contributed by atoms with Crippen LogP contribution in [-0.4, -0.2) is 28.5 Å². The number of carbonyl (C=O) groups is 2. The molecule has 1 atom stereocenters. The van der Waals surface area contributed by atoms with E-state index in [2.05, 4.69) is 15.3 Å². The largest absolute Gasteiger partial charge is 0.452 e. The summed E-state index contributed by atoms with van der Waals surface area (Å²) in [5, 5.41) is 2.99. The molecule has 1 N–H and O–H groups in total. The van der Waals surface area contributed by atoms with Gasteiger partial charge in [0.05, 0.1) is 22.6 Å². The van der Waals surface area contributed by atoms with Gasteiger partial charge in [-0.2, -0.15) is 0 Å². The lowest BCUT2D eigenvalue weighted by Crippen LogP contribution is -2.33. The fourth-order valence-electron chi connectivity index (χ4n) is 3.08. The molecule has 27 heavy (non-hydrogen) atoms. The number of aromatic nitrogens is 2. The number of fused-ring (bicyclic) bond motifs is 1. The van der Waals surface area contributed by atoms with Crippen LogP contribution in [-0.2, 0) is 9.53 Å². The van der Waals surface area contributed by atoms with E-state index in [0.717, 1.165) is 18.4 Å². The zero-order valence-corrected chi connectivity index (χ0v) is 14.7. The molecule has 0 spiro atoms. The molecule has 0 radical (unpaired) electrons. The van der Waals surface area contributed by atoms with Crippen LogP contribution in [0.2, 0.25) is 0 Å². The summed E-state index contributed by atoms with van der Waals surface area (Å²) in [6.07, 6.45) is 5.34. The first-order chi connectivity index (χ1) is 13.2. The molecule has 1 heterocycles. The molecule has 0 bridgehead atoms. The van der Waals surface area contributed by atoms with Gasteiger partial charge in [-0.25, -0.2) is 4.79 Å². The van der Waals surface area contributed by atoms with Crippen molar-refractivity contribution >= 4 is 22.9 Å². The lowest BCUT2D eigenvalue weighted by atomic mass is 10.0. The maximum atomic E-state index is 12.3. The quantitative estimate of drug-likeness (QED) is 0.683. The monoisotopic (exact) mass is 361 g/mol. The number of hydrogen-bond donors (Lipinski definition) is 1. The number of nitrogens with zero attached hydrogens (tertiary/aromatic N) is 2. The highest BCUT2D eigenvalue weighted by molar-refractivity contribution is 5.94. The zero-order chi connectivity index (χ0) is 18.6. The predicted molar refractivity (Wildman–Crippen MR) is 99.9 cm³/mol. The lowest BCUT2D eigenvalue weighted by Gasteiger charge is -2.18. The summed E-state index contributed by atoms with van der Waals surface area (Å²) in [6.45, 7) is -0.312. The molecule has 1 aliphatic rings. The summed E-state index contributed by atoms with van der Waals surface area (Å²) >= 11 is 0. The Labute approximate surface area is 156 Å². The number of benzene rings is 2. The van der Waals surface area contributed by atoms with E-state index in [4.69, 9.17) is 4.74 Å². The molecule has 0 saturated heterocycles. The van der Waals surface area contributed by atoms with Gasteiger partial charge in [-0.1, -0.05) is 30.3 Å². The van der Waals surface area contributed by atoms with Crippen molar-refractivity contribution in [2.45, 2.75) is 18.9 Å². The van der Waals surface area contributed by atoms with E-state index in [-0.39, 0.29) is 18.6 Å². The molecule has 4 rings (SSSR count). The molecule has 6 nitrogen and oxygen atoms in total. The van der Waals surface area contributed by atoms with Crippen LogP contribution in [0.15, 0.2) is 60.9 Å². The van der Waals surface area contributed by atoms with Gasteiger partial charge in [-0.3, -0.25) is 14.8 Å². The first-order valence-electron chi connectivity index (χ1n) is 8.93. The molecule has 0 unspecified atom stereocenters. The Bertz CT molecular complexity index is 971. The molecule has 0 aliphatic heterocycles. The summed E-state index contributed by atoms with van der Waals surface area (Å²) < 4.78 is 5.18. The Balaban J connectivity index is 1.37. The van der Waals surface area contributed by atoms with Crippen molar-refractivity contribution in [3.05, 3.63) is 72.1 Å². The lowest BCUT2D eigenvalue weighted by molar-refractivity contribution is -0.125. The Morgan fingerprint density at radius 3 is 2.52 bits per heavy atom. The summed E-state index contributed by atoms with van der Waals surface area (Å²) in [4.78, 5) is 32.9. The molecule has 136 valence electrons. The van der Waals surface area contributed by atoms with Gasteiger partial charge in [0.25, 0.3) is 5.91 Å². The minimum atomic E-state index is -0.555. The van der Waals surface area contributed by atoms with Gasteiger partial charge in [0.15, 0.2) is 6.61 Å². The Morgan fingerprint density at radius 2 is 1.78 bits per heavy atom. The minimum Gasteiger partial charge on any atom is -0.452 e. The van der Waals surface area contributed by atoms with E-state index in [9.17, 15) is 9.59 Å². The van der Waals surface area contributed by atoms with Gasteiger partial charge >= 0.3 is 5.97 Å². The number of amides is 1. The van der Waals surface area contributed by atoms with Crippen molar-refractivity contribution in [1.29, 1.82) is 0 Å². The summed E-state index contributed by atoms with van der Waals surface area (Å²) in [5.74, 6) is -0.406. The standard InChI is InChI=1S/C21H19N3O3/c25-19(24-20(15-6-7-15)14-4-2-1-3-5-14)13-27-21(26)16-8-9-17-18(12-16)23-11-10-22-17/h1-5,8-12,15,20H,6-7,13H2,(H,24,25)/t20-/m0/s1. The molecule has 6 heteroatoms. The fourth-order valence-corrected chi connectivity index (χ4v) is 3.08. The van der Waals surface area contributed by atoms with Crippen LogP contribution in [0, 0.1) is 5.92 Å². The van der Waals surface area contributed by atoms with E-state index in [1.54, 1.807) is 30.6 Å². The smallest absolute Gasteiger partial charge is 0.338 e. The maximum Gasteiger partial charge on any atom is 0.338 e. The van der Waals surface area contributed by atoms with Crippen LogP contribution in [0.4, 0.5) is 0 Å². The second kappa shape index (κ2) is 7.53. The zero-order valence-electron chi connectivity index (χ0n) is 14.7. The first-order valence-corrected chi connectivity index (χ1v) is 8.93. The average molecular weight is 361 g/mol. The first kappa shape index (κ1) is 17.1. The highest BCUT2D eigenvalue weighted by Crippen LogP contribution is 2.40. The van der Waals surface area contributed by atoms with Gasteiger partial charge in [0.2, 0.25) is 0 Å². The predicted octanol–water partition coefficient (Wildman–Crippen LogP) is 3.05.